The lowest BCUT2D eigenvalue weighted by atomic mass is 9.92. The minimum absolute atomic E-state index is 0.512. The zero-order valence-corrected chi connectivity index (χ0v) is 30.0. The highest BCUT2D eigenvalue weighted by Gasteiger charge is 2.31. The fourth-order valence-electron chi connectivity index (χ4n) is 6.68. The third kappa shape index (κ3) is 6.84. The maximum absolute atomic E-state index is 9.50. The molecule has 5 aromatic carbocycles. The lowest BCUT2D eigenvalue weighted by Crippen LogP contribution is -2.26. The van der Waals surface area contributed by atoms with Gasteiger partial charge in [-0.25, -0.2) is 0 Å². The monoisotopic (exact) mass is 681 g/mol. The van der Waals surface area contributed by atoms with Crippen molar-refractivity contribution in [3.05, 3.63) is 229 Å². The number of rotatable bonds is 7. The summed E-state index contributed by atoms with van der Waals surface area (Å²) in [5.74, 6) is 0. The normalized spacial score (nSPS) is 16.2. The van der Waals surface area contributed by atoms with Gasteiger partial charge in [0.05, 0.1) is 28.7 Å². The van der Waals surface area contributed by atoms with Crippen molar-refractivity contribution in [2.45, 2.75) is 13.8 Å². The van der Waals surface area contributed by atoms with Crippen molar-refractivity contribution in [3.8, 4) is 28.3 Å². The number of benzene rings is 5. The second-order valence-corrected chi connectivity index (χ2v) is 12.4. The van der Waals surface area contributed by atoms with Gasteiger partial charge in [0, 0.05) is 34.3 Å². The molecular formula is C50H39N3. The molecule has 1 aliphatic carbocycles. The molecule has 0 N–H and O–H groups in total. The van der Waals surface area contributed by atoms with Crippen LogP contribution in [0.5, 0.6) is 0 Å². The molecule has 0 bridgehead atoms. The van der Waals surface area contributed by atoms with Gasteiger partial charge < -0.3 is 9.80 Å². The van der Waals surface area contributed by atoms with E-state index in [4.69, 9.17) is 0 Å². The predicted octanol–water partition coefficient (Wildman–Crippen LogP) is 13.1. The second-order valence-electron chi connectivity index (χ2n) is 12.4. The molecule has 0 aromatic heterocycles. The summed E-state index contributed by atoms with van der Waals surface area (Å²) in [6, 6.07) is 46.9. The van der Waals surface area contributed by atoms with Gasteiger partial charge in [0.25, 0.3) is 0 Å². The van der Waals surface area contributed by atoms with Crippen LogP contribution in [-0.2, 0) is 0 Å². The average Bonchev–Trinajstić information content (AvgIpc) is 3.65. The van der Waals surface area contributed by atoms with E-state index in [-0.39, 0.29) is 0 Å². The van der Waals surface area contributed by atoms with Crippen molar-refractivity contribution in [1.82, 2.24) is 0 Å². The van der Waals surface area contributed by atoms with Gasteiger partial charge in [0.2, 0.25) is 0 Å². The molecule has 0 amide bonds. The number of hydrogen-bond acceptors (Lipinski definition) is 3. The van der Waals surface area contributed by atoms with E-state index in [2.05, 4.69) is 150 Å². The number of anilines is 3. The molecule has 254 valence electrons. The zero-order valence-electron chi connectivity index (χ0n) is 30.0. The Morgan fingerprint density at radius 1 is 0.717 bits per heavy atom. The Morgan fingerprint density at radius 2 is 1.38 bits per heavy atom. The van der Waals surface area contributed by atoms with Crippen LogP contribution in [0, 0.1) is 11.3 Å². The van der Waals surface area contributed by atoms with Crippen molar-refractivity contribution in [2.75, 3.05) is 9.80 Å². The molecule has 2 heterocycles. The summed E-state index contributed by atoms with van der Waals surface area (Å²) in [6.45, 7) is 12.2. The lowest BCUT2D eigenvalue weighted by molar-refractivity contribution is 1.17. The summed E-state index contributed by atoms with van der Waals surface area (Å²) < 4.78 is 0. The fourth-order valence-corrected chi connectivity index (χ4v) is 6.68. The van der Waals surface area contributed by atoms with E-state index in [1.165, 1.54) is 16.7 Å². The smallest absolute Gasteiger partial charge is 0.0991 e. The standard InChI is InChI=1S/C48H33N3.C2H6/c1-3-35(33-49)20-26-46-45-30-40(23-27-47(45)51(46)43-18-8-5-9-19-43)41-31-44-34(2)13-10-11-28-50(48(44)32-41)42-24-21-37(22-25-42)39-17-12-16-38(29-39)36-14-6-4-7-15-36;1-2/h3-31H,1-2H2;1-2H3/b13-10-,28-11-,35-20+,46-26-;. The summed E-state index contributed by atoms with van der Waals surface area (Å²) >= 11 is 0. The van der Waals surface area contributed by atoms with Gasteiger partial charge in [-0.3, -0.25) is 0 Å². The Labute approximate surface area is 313 Å². The summed E-state index contributed by atoms with van der Waals surface area (Å²) in [7, 11) is 0. The van der Waals surface area contributed by atoms with Gasteiger partial charge in [-0.15, -0.1) is 0 Å². The molecular weight excluding hydrogens is 643 g/mol. The van der Waals surface area contributed by atoms with E-state index < -0.39 is 0 Å². The minimum Gasteiger partial charge on any atom is -0.310 e. The number of para-hydroxylation sites is 1. The SMILES string of the molecule is C=C/C(C#N)=C\C=C1\c2cc(C3=C=C4C(=C3)C(=C)/C=C\C=C/N4c3ccc(-c4cccc(-c5ccccc5)c4)cc3)ccc2N1c1ccccc1.CC. The summed E-state index contributed by atoms with van der Waals surface area (Å²) in [6.07, 6.45) is 15.8. The number of allylic oxidation sites excluding steroid dienone is 9. The molecule has 2 aliphatic heterocycles. The molecule has 0 spiro atoms. The van der Waals surface area contributed by atoms with Crippen LogP contribution in [0.4, 0.5) is 17.1 Å². The average molecular weight is 682 g/mol. The van der Waals surface area contributed by atoms with E-state index in [1.807, 2.05) is 68.5 Å². The van der Waals surface area contributed by atoms with E-state index in [1.54, 1.807) is 6.08 Å². The molecule has 3 nitrogen and oxygen atoms in total. The van der Waals surface area contributed by atoms with Gasteiger partial charge in [-0.1, -0.05) is 136 Å². The molecule has 53 heavy (non-hydrogen) atoms. The molecule has 0 radical (unpaired) electrons. The Hall–Kier alpha value is -7.11. The molecule has 0 fully saturated rings. The van der Waals surface area contributed by atoms with Crippen LogP contribution >= 0.6 is 0 Å². The van der Waals surface area contributed by atoms with Crippen LogP contribution in [0.3, 0.4) is 0 Å². The van der Waals surface area contributed by atoms with Crippen LogP contribution in [-0.4, -0.2) is 0 Å². The molecule has 8 rings (SSSR count). The zero-order chi connectivity index (χ0) is 36.7. The van der Waals surface area contributed by atoms with E-state index in [9.17, 15) is 5.26 Å². The number of hydrogen-bond donors (Lipinski definition) is 0. The van der Waals surface area contributed by atoms with Crippen LogP contribution in [0.15, 0.2) is 217 Å². The molecule has 0 saturated carbocycles. The number of nitriles is 1. The third-order valence-electron chi connectivity index (χ3n) is 9.33. The van der Waals surface area contributed by atoms with Gasteiger partial charge >= 0.3 is 0 Å². The van der Waals surface area contributed by atoms with Crippen LogP contribution in [0.2, 0.25) is 0 Å². The van der Waals surface area contributed by atoms with Gasteiger partial charge in [-0.05, 0) is 100 Å². The first kappa shape index (κ1) is 34.3. The molecule has 0 unspecified atom stereocenters. The Balaban J connectivity index is 0.00000214. The van der Waals surface area contributed by atoms with Gasteiger partial charge in [-0.2, -0.15) is 5.26 Å². The van der Waals surface area contributed by atoms with Gasteiger partial charge in [0.1, 0.15) is 0 Å². The van der Waals surface area contributed by atoms with Crippen LogP contribution < -0.4 is 9.80 Å². The highest BCUT2D eigenvalue weighted by Crippen LogP contribution is 2.49. The summed E-state index contributed by atoms with van der Waals surface area (Å²) in [5.41, 5.74) is 19.3. The van der Waals surface area contributed by atoms with Crippen molar-refractivity contribution >= 4 is 28.3 Å². The highest BCUT2D eigenvalue weighted by molar-refractivity contribution is 6.04. The van der Waals surface area contributed by atoms with Crippen molar-refractivity contribution in [3.63, 3.8) is 0 Å². The topological polar surface area (TPSA) is 30.3 Å². The largest absolute Gasteiger partial charge is 0.310 e. The predicted molar refractivity (Wildman–Crippen MR) is 224 cm³/mol. The van der Waals surface area contributed by atoms with Crippen molar-refractivity contribution in [1.29, 1.82) is 5.26 Å². The van der Waals surface area contributed by atoms with E-state index in [0.717, 1.165) is 61.9 Å². The fraction of sp³-hybridized carbons (Fsp3) is 0.0400. The van der Waals surface area contributed by atoms with E-state index >= 15 is 0 Å². The number of nitrogens with zero attached hydrogens (tertiary/aromatic N) is 3. The lowest BCUT2D eigenvalue weighted by Gasteiger charge is -2.39. The van der Waals surface area contributed by atoms with Crippen molar-refractivity contribution < 1.29 is 0 Å². The first-order valence-corrected chi connectivity index (χ1v) is 17.9. The van der Waals surface area contributed by atoms with E-state index in [0.29, 0.717) is 5.57 Å². The first-order chi connectivity index (χ1) is 26.1. The maximum atomic E-state index is 9.50. The Morgan fingerprint density at radius 3 is 2.08 bits per heavy atom. The van der Waals surface area contributed by atoms with Crippen LogP contribution in [0.1, 0.15) is 25.0 Å². The first-order valence-electron chi connectivity index (χ1n) is 17.9. The third-order valence-corrected chi connectivity index (χ3v) is 9.33. The molecule has 3 aliphatic rings. The summed E-state index contributed by atoms with van der Waals surface area (Å²) in [5, 5.41) is 9.50. The molecule has 0 saturated heterocycles. The molecule has 0 atom stereocenters. The highest BCUT2D eigenvalue weighted by atomic mass is 15.2. The minimum atomic E-state index is 0.512. The second kappa shape index (κ2) is 15.4. The molecule has 3 heteroatoms. The van der Waals surface area contributed by atoms with Crippen molar-refractivity contribution in [2.24, 2.45) is 0 Å². The Kier molecular flexibility index (Phi) is 9.99. The maximum Gasteiger partial charge on any atom is 0.0991 e. The summed E-state index contributed by atoms with van der Waals surface area (Å²) in [4.78, 5) is 4.40. The quantitative estimate of drug-likeness (QED) is 0.0973. The Bertz CT molecular complexity index is 2470. The van der Waals surface area contributed by atoms with Crippen LogP contribution in [0.25, 0.3) is 33.5 Å². The molecule has 5 aromatic rings. The number of fused-ring (bicyclic) bond motifs is 2. The van der Waals surface area contributed by atoms with Gasteiger partial charge in [0.15, 0.2) is 0 Å².